The molecule has 0 saturated heterocycles. The molecule has 0 radical (unpaired) electrons. The van der Waals surface area contributed by atoms with Crippen molar-refractivity contribution in [2.45, 2.75) is 135 Å². The topological polar surface area (TPSA) is 207 Å². The molecule has 1 aromatic carbocycles. The number of phenolic OH excluding ortho intramolecular Hbond substituents is 1. The number of nitrogens with one attached hydrogen (secondary N) is 2. The Morgan fingerprint density at radius 2 is 1.81 bits per heavy atom. The molecule has 2 saturated carbocycles. The van der Waals surface area contributed by atoms with Crippen LogP contribution in [-0.4, -0.2) is 90.2 Å². The summed E-state index contributed by atoms with van der Waals surface area (Å²) in [4.78, 5) is 53.3. The third-order valence-electron chi connectivity index (χ3n) is 14.9. The Kier molecular flexibility index (Phi) is 15.6. The number of hydrogen-bond acceptors (Lipinski definition) is 11. The van der Waals surface area contributed by atoms with Gasteiger partial charge in [0.25, 0.3) is 5.91 Å². The van der Waals surface area contributed by atoms with Crippen molar-refractivity contribution in [1.29, 1.82) is 0 Å². The fourth-order valence-corrected chi connectivity index (χ4v) is 11.5. The molecule has 6 rings (SSSR count). The molecule has 1 heterocycles. The molecule has 0 spiro atoms. The van der Waals surface area contributed by atoms with E-state index in [0.29, 0.717) is 42.0 Å². The maximum absolute atomic E-state index is 14.2. The second-order valence-electron chi connectivity index (χ2n) is 19.1. The monoisotopic (exact) mass is 871 g/mol. The van der Waals surface area contributed by atoms with Gasteiger partial charge < -0.3 is 45.9 Å². The first-order chi connectivity index (χ1) is 30.0. The van der Waals surface area contributed by atoms with Gasteiger partial charge in [0.1, 0.15) is 11.9 Å². The van der Waals surface area contributed by atoms with Crippen molar-refractivity contribution < 1.29 is 48.7 Å². The average Bonchev–Trinajstić information content (AvgIpc) is 3.50. The number of aliphatic hydroxyl groups excluding tert-OH is 2. The summed E-state index contributed by atoms with van der Waals surface area (Å²) in [6.45, 7) is 9.79. The Bertz CT molecular complexity index is 2050. The maximum atomic E-state index is 14.2. The number of amides is 2. The van der Waals surface area contributed by atoms with Crippen molar-refractivity contribution in [2.24, 2.45) is 40.7 Å². The molecule has 13 nitrogen and oxygen atoms in total. The predicted octanol–water partition coefficient (Wildman–Crippen LogP) is 6.37. The molecule has 3 unspecified atom stereocenters. The molecular weight excluding hydrogens is 803 g/mol. The number of hydrogen-bond donors (Lipinski definition) is 6. The molecule has 2 bridgehead atoms. The van der Waals surface area contributed by atoms with Crippen molar-refractivity contribution in [3.05, 3.63) is 87.8 Å². The number of methoxy groups -OCH3 is 2. The Morgan fingerprint density at radius 3 is 2.52 bits per heavy atom. The first kappa shape index (κ1) is 47.9. The summed E-state index contributed by atoms with van der Waals surface area (Å²) in [7, 11) is 2.95. The zero-order chi connectivity index (χ0) is 45.7. The van der Waals surface area contributed by atoms with Gasteiger partial charge >= 0.3 is 6.09 Å². The van der Waals surface area contributed by atoms with E-state index in [1.807, 2.05) is 26.0 Å². The number of ether oxygens (including phenoxy) is 3. The summed E-state index contributed by atoms with van der Waals surface area (Å²) in [6.07, 6.45) is 10.9. The number of Topliss-reactive ketones (excluding diaryl/α,β-unsaturated/α-hetero) is 1. The summed E-state index contributed by atoms with van der Waals surface area (Å²) in [5, 5.41) is 39.4. The van der Waals surface area contributed by atoms with Crippen molar-refractivity contribution in [3.63, 3.8) is 0 Å². The van der Waals surface area contributed by atoms with Gasteiger partial charge in [-0.1, -0.05) is 57.6 Å². The predicted molar refractivity (Wildman–Crippen MR) is 239 cm³/mol. The van der Waals surface area contributed by atoms with Crippen LogP contribution in [0.3, 0.4) is 0 Å². The van der Waals surface area contributed by atoms with Gasteiger partial charge in [0.15, 0.2) is 6.10 Å². The molecule has 5 aliphatic rings. The number of rotatable bonds is 9. The van der Waals surface area contributed by atoms with E-state index in [2.05, 4.69) is 23.6 Å². The highest BCUT2D eigenvalue weighted by Gasteiger charge is 2.57. The van der Waals surface area contributed by atoms with Crippen LogP contribution < -0.4 is 16.4 Å². The van der Waals surface area contributed by atoms with Crippen LogP contribution in [0.4, 0.5) is 4.79 Å². The normalized spacial score (nSPS) is 36.4. The van der Waals surface area contributed by atoms with Gasteiger partial charge in [-0.3, -0.25) is 14.4 Å². The number of nitrogens with two attached hydrogens (primary N) is 1. The number of primary amides is 1. The Balaban J connectivity index is 1.16. The smallest absolute Gasteiger partial charge is 0.405 e. The summed E-state index contributed by atoms with van der Waals surface area (Å²) in [5.74, 6) is -0.220. The van der Waals surface area contributed by atoms with Crippen LogP contribution in [0.1, 0.15) is 109 Å². The standard InChI is InChI=1S/C50H69N3O10/c1-27-21-37-43(52-20-9-8-12-32-25-38-36-16-14-31-24-33(54)15-17-34(31)35(36)18-19-50(38,5)47(32)58)40(55)26-39(45(37)57)53-48(59)28(2)11-10-13-41(61-6)46(63-49(51)60)30(4)23-29(3)44(56)42(22-27)62-7/h10-11,13,15,17,23-24,26-27,29,32,35-36,38,41-42,44,46-47,52,54,56,58H,8-9,12,14,16,18-22,25H2,1-7H3,(H2,51,60)(H,53,59)/b13-10-,28-11+,30-23+/t27-,29-,32+,35?,36?,38?,41+,42-,44+,46+,47-,50-/m0/s1. The van der Waals surface area contributed by atoms with E-state index in [-0.39, 0.29) is 52.3 Å². The van der Waals surface area contributed by atoms with Gasteiger partial charge in [-0.15, -0.1) is 0 Å². The van der Waals surface area contributed by atoms with Gasteiger partial charge in [-0.25, -0.2) is 4.79 Å². The molecule has 4 aliphatic carbocycles. The summed E-state index contributed by atoms with van der Waals surface area (Å²) in [5.41, 5.74) is 9.10. The number of phenols is 1. The number of carbonyl (C=O) groups excluding carboxylic acids is 4. The molecule has 2 amide bonds. The number of ketones is 2. The van der Waals surface area contributed by atoms with Gasteiger partial charge in [-0.05, 0) is 135 Å². The first-order valence-corrected chi connectivity index (χ1v) is 22.8. The van der Waals surface area contributed by atoms with Gasteiger partial charge in [-0.2, -0.15) is 0 Å². The molecule has 7 N–H and O–H groups in total. The molecule has 1 aromatic rings. The number of aromatic hydroxyl groups is 1. The van der Waals surface area contributed by atoms with E-state index >= 15 is 0 Å². The lowest BCUT2D eigenvalue weighted by Gasteiger charge is -2.50. The summed E-state index contributed by atoms with van der Waals surface area (Å²) in [6, 6.07) is 5.84. The van der Waals surface area contributed by atoms with E-state index in [9.17, 15) is 34.5 Å². The quantitative estimate of drug-likeness (QED) is 0.0914. The van der Waals surface area contributed by atoms with Crippen molar-refractivity contribution in [3.8, 4) is 5.75 Å². The SMILES string of the molecule is CO[C@H]1C[C@@H](C)CC2=C(NCCCC[C@@H]3CC4C5CCc6cc(O)ccc6C5CC[C@]4(C)[C@H]3O)C(=O)C=C(NC(=O)/C(C)=C/C=C\[C@@H](OC)[C@H](OC(N)=O)/C(C)=C/[C@H](C)[C@H]1O)C2=O. The van der Waals surface area contributed by atoms with Crippen molar-refractivity contribution in [2.75, 3.05) is 20.8 Å². The number of unbranched alkanes of at least 4 members (excludes halogenated alkanes) is 1. The van der Waals surface area contributed by atoms with E-state index in [1.54, 1.807) is 32.1 Å². The zero-order valence-corrected chi connectivity index (χ0v) is 38.0. The van der Waals surface area contributed by atoms with Crippen molar-refractivity contribution >= 4 is 23.6 Å². The van der Waals surface area contributed by atoms with E-state index in [1.165, 1.54) is 37.5 Å². The highest BCUT2D eigenvalue weighted by atomic mass is 16.6. The molecule has 2 fully saturated rings. The van der Waals surface area contributed by atoms with Crippen LogP contribution in [0.15, 0.2) is 76.7 Å². The lowest BCUT2D eigenvalue weighted by molar-refractivity contribution is -0.120. The minimum absolute atomic E-state index is 0.119. The molecular formula is C50H69N3O10. The maximum Gasteiger partial charge on any atom is 0.405 e. The zero-order valence-electron chi connectivity index (χ0n) is 38.0. The van der Waals surface area contributed by atoms with Crippen molar-refractivity contribution in [1.82, 2.24) is 10.6 Å². The number of carbonyl (C=O) groups is 4. The molecule has 12 atom stereocenters. The number of fused-ring (bicyclic) bond motifs is 7. The minimum Gasteiger partial charge on any atom is -0.508 e. The van der Waals surface area contributed by atoms with Crippen LogP contribution >= 0.6 is 0 Å². The van der Waals surface area contributed by atoms with E-state index in [4.69, 9.17) is 19.9 Å². The molecule has 13 heteroatoms. The molecule has 63 heavy (non-hydrogen) atoms. The minimum atomic E-state index is -1.00. The number of allylic oxidation sites excluding steroid dienone is 4. The van der Waals surface area contributed by atoms with Crippen LogP contribution in [0.2, 0.25) is 0 Å². The first-order valence-electron chi connectivity index (χ1n) is 22.8. The highest BCUT2D eigenvalue weighted by molar-refractivity contribution is 6.23. The van der Waals surface area contributed by atoms with Gasteiger partial charge in [0.05, 0.1) is 29.7 Å². The molecule has 0 aromatic heterocycles. The lowest BCUT2D eigenvalue weighted by atomic mass is 9.55. The van der Waals surface area contributed by atoms with E-state index < -0.39 is 53.9 Å². The number of benzene rings is 1. The van der Waals surface area contributed by atoms with Gasteiger partial charge in [0.2, 0.25) is 11.6 Å². The van der Waals surface area contributed by atoms with Gasteiger partial charge in [0, 0.05) is 43.9 Å². The number of aliphatic hydroxyl groups is 2. The largest absolute Gasteiger partial charge is 0.508 e. The third-order valence-corrected chi connectivity index (χ3v) is 14.9. The highest BCUT2D eigenvalue weighted by Crippen LogP contribution is 2.63. The summed E-state index contributed by atoms with van der Waals surface area (Å²) < 4.78 is 16.9. The van der Waals surface area contributed by atoms with Crippen LogP contribution in [0.25, 0.3) is 0 Å². The Morgan fingerprint density at radius 1 is 1.05 bits per heavy atom. The molecule has 344 valence electrons. The fraction of sp³-hybridized carbons (Fsp3) is 0.600. The lowest BCUT2D eigenvalue weighted by Crippen LogP contribution is -2.44. The third kappa shape index (κ3) is 10.5. The summed E-state index contributed by atoms with van der Waals surface area (Å²) >= 11 is 0. The Labute approximate surface area is 372 Å². The molecule has 1 aliphatic heterocycles. The second kappa shape index (κ2) is 20.5. The van der Waals surface area contributed by atoms with Crippen LogP contribution in [0, 0.1) is 35.0 Å². The van der Waals surface area contributed by atoms with Crippen LogP contribution in [0.5, 0.6) is 5.75 Å². The van der Waals surface area contributed by atoms with E-state index in [0.717, 1.165) is 51.4 Å². The number of aryl methyl sites for hydroxylation is 1. The fourth-order valence-electron chi connectivity index (χ4n) is 11.5. The Hall–Kier alpha value is -4.56. The average molecular weight is 872 g/mol. The second-order valence-corrected chi connectivity index (χ2v) is 19.1. The van der Waals surface area contributed by atoms with Crippen LogP contribution in [-0.2, 0) is 35.0 Å².